The van der Waals surface area contributed by atoms with Crippen LogP contribution < -0.4 is 10.6 Å². The highest BCUT2D eigenvalue weighted by molar-refractivity contribution is 6.42. The molecule has 2 rings (SSSR count). The molecular formula is C18H18Cl2N2O3. The third-order valence-corrected chi connectivity index (χ3v) is 4.13. The van der Waals surface area contributed by atoms with Gasteiger partial charge in [-0.3, -0.25) is 9.59 Å². The number of methoxy groups -OCH3 is 1. The summed E-state index contributed by atoms with van der Waals surface area (Å²) in [5, 5.41) is 6.24. The van der Waals surface area contributed by atoms with Gasteiger partial charge >= 0.3 is 0 Å². The summed E-state index contributed by atoms with van der Waals surface area (Å²) in [5.74, 6) is -0.367. The van der Waals surface area contributed by atoms with Crippen LogP contribution in [0.3, 0.4) is 0 Å². The van der Waals surface area contributed by atoms with Crippen molar-refractivity contribution in [1.82, 2.24) is 5.32 Å². The predicted molar refractivity (Wildman–Crippen MR) is 99.4 cm³/mol. The Balaban J connectivity index is 1.92. The normalized spacial score (nSPS) is 10.4. The van der Waals surface area contributed by atoms with Gasteiger partial charge in [0.15, 0.2) is 0 Å². The number of rotatable bonds is 7. The maximum absolute atomic E-state index is 12.2. The molecule has 7 heteroatoms. The summed E-state index contributed by atoms with van der Waals surface area (Å²) in [6.07, 6.45) is 0.269. The van der Waals surface area contributed by atoms with Crippen LogP contribution in [0.25, 0.3) is 0 Å². The smallest absolute Gasteiger partial charge is 0.255 e. The van der Waals surface area contributed by atoms with E-state index in [1.165, 1.54) is 6.07 Å². The van der Waals surface area contributed by atoms with Gasteiger partial charge in [0, 0.05) is 24.9 Å². The molecule has 0 spiro atoms. The molecule has 0 saturated carbocycles. The first-order valence-corrected chi connectivity index (χ1v) is 8.36. The summed E-state index contributed by atoms with van der Waals surface area (Å²) in [5.41, 5.74) is 1.89. The van der Waals surface area contributed by atoms with E-state index < -0.39 is 0 Å². The van der Waals surface area contributed by atoms with Crippen LogP contribution in [0.15, 0.2) is 42.5 Å². The summed E-state index contributed by atoms with van der Waals surface area (Å²) in [6, 6.07) is 11.8. The van der Waals surface area contributed by atoms with Gasteiger partial charge in [-0.05, 0) is 35.9 Å². The summed E-state index contributed by atoms with van der Waals surface area (Å²) in [4.78, 5) is 23.9. The van der Waals surface area contributed by atoms with Crippen molar-refractivity contribution >= 4 is 40.7 Å². The average Bonchev–Trinajstić information content (AvgIpc) is 2.59. The Morgan fingerprint density at radius 2 is 1.76 bits per heavy atom. The second-order valence-corrected chi connectivity index (χ2v) is 6.11. The first-order valence-electron chi connectivity index (χ1n) is 7.60. The van der Waals surface area contributed by atoms with Gasteiger partial charge < -0.3 is 15.4 Å². The quantitative estimate of drug-likeness (QED) is 0.721. The number of benzene rings is 2. The van der Waals surface area contributed by atoms with E-state index in [2.05, 4.69) is 10.6 Å². The lowest BCUT2D eigenvalue weighted by molar-refractivity contribution is -0.120. The van der Waals surface area contributed by atoms with Crippen LogP contribution in [0.4, 0.5) is 5.69 Å². The van der Waals surface area contributed by atoms with Crippen molar-refractivity contribution in [3.8, 4) is 0 Å². The zero-order valence-electron chi connectivity index (χ0n) is 13.6. The van der Waals surface area contributed by atoms with Crippen molar-refractivity contribution in [1.29, 1.82) is 0 Å². The highest BCUT2D eigenvalue weighted by Crippen LogP contribution is 2.23. The number of anilines is 1. The van der Waals surface area contributed by atoms with Gasteiger partial charge in [0.25, 0.3) is 5.91 Å². The molecule has 132 valence electrons. The number of carbonyl (C=O) groups excluding carboxylic acids is 2. The van der Waals surface area contributed by atoms with Gasteiger partial charge in [0.05, 0.1) is 23.1 Å². The lowest BCUT2D eigenvalue weighted by Crippen LogP contribution is -2.28. The molecule has 5 nitrogen and oxygen atoms in total. The molecule has 2 aromatic rings. The Labute approximate surface area is 156 Å². The van der Waals surface area contributed by atoms with Crippen molar-refractivity contribution in [3.05, 3.63) is 63.6 Å². The van der Waals surface area contributed by atoms with E-state index in [4.69, 9.17) is 27.9 Å². The molecule has 0 radical (unpaired) electrons. The van der Waals surface area contributed by atoms with E-state index in [1.807, 2.05) is 0 Å². The van der Waals surface area contributed by atoms with Crippen LogP contribution in [0.5, 0.6) is 0 Å². The molecule has 2 aromatic carbocycles. The van der Waals surface area contributed by atoms with E-state index in [9.17, 15) is 9.59 Å². The van der Waals surface area contributed by atoms with Gasteiger partial charge in [-0.1, -0.05) is 35.3 Å². The van der Waals surface area contributed by atoms with E-state index in [-0.39, 0.29) is 18.2 Å². The molecule has 0 aromatic heterocycles. The number of carbonyl (C=O) groups is 2. The molecule has 25 heavy (non-hydrogen) atoms. The molecule has 0 aliphatic carbocycles. The van der Waals surface area contributed by atoms with Crippen LogP contribution in [0.2, 0.25) is 10.0 Å². The van der Waals surface area contributed by atoms with E-state index in [1.54, 1.807) is 43.5 Å². The van der Waals surface area contributed by atoms with Crippen molar-refractivity contribution in [2.75, 3.05) is 25.6 Å². The Kier molecular flexibility index (Phi) is 7.25. The number of ether oxygens (including phenoxy) is 1. The van der Waals surface area contributed by atoms with Crippen LogP contribution in [-0.4, -0.2) is 32.1 Å². The molecule has 0 aliphatic heterocycles. The van der Waals surface area contributed by atoms with Gasteiger partial charge in [0.2, 0.25) is 5.91 Å². The fourth-order valence-corrected chi connectivity index (χ4v) is 2.39. The number of hydrogen-bond acceptors (Lipinski definition) is 3. The van der Waals surface area contributed by atoms with Crippen molar-refractivity contribution in [2.45, 2.75) is 6.42 Å². The molecule has 2 amide bonds. The molecule has 2 N–H and O–H groups in total. The number of hydrogen-bond donors (Lipinski definition) is 2. The topological polar surface area (TPSA) is 67.4 Å². The minimum absolute atomic E-state index is 0.0790. The highest BCUT2D eigenvalue weighted by atomic mass is 35.5. The fourth-order valence-electron chi connectivity index (χ4n) is 2.09. The number of amides is 2. The second kappa shape index (κ2) is 9.42. The molecule has 0 bridgehead atoms. The zero-order valence-corrected chi connectivity index (χ0v) is 15.2. The van der Waals surface area contributed by atoms with Gasteiger partial charge in [-0.25, -0.2) is 0 Å². The average molecular weight is 381 g/mol. The maximum Gasteiger partial charge on any atom is 0.255 e. The second-order valence-electron chi connectivity index (χ2n) is 5.30. The fraction of sp³-hybridized carbons (Fsp3) is 0.222. The number of halogens is 2. The van der Waals surface area contributed by atoms with E-state index in [0.717, 1.165) is 5.56 Å². The monoisotopic (exact) mass is 380 g/mol. The predicted octanol–water partition coefficient (Wildman–Crippen LogP) is 3.55. The minimum Gasteiger partial charge on any atom is -0.383 e. The lowest BCUT2D eigenvalue weighted by Gasteiger charge is -2.08. The standard InChI is InChI=1S/C18H18Cl2N2O3/c1-25-9-8-21-17(23)10-12-2-5-14(6-3-12)22-18(24)13-4-7-15(19)16(20)11-13/h2-7,11H,8-10H2,1H3,(H,21,23)(H,22,24). The van der Waals surface area contributed by atoms with Crippen molar-refractivity contribution in [3.63, 3.8) is 0 Å². The SMILES string of the molecule is COCCNC(=O)Cc1ccc(NC(=O)c2ccc(Cl)c(Cl)c2)cc1. The highest BCUT2D eigenvalue weighted by Gasteiger charge is 2.09. The molecule has 0 aliphatic rings. The largest absolute Gasteiger partial charge is 0.383 e. The van der Waals surface area contributed by atoms with Crippen molar-refractivity contribution in [2.24, 2.45) is 0 Å². The third-order valence-electron chi connectivity index (χ3n) is 3.39. The summed E-state index contributed by atoms with van der Waals surface area (Å²) in [7, 11) is 1.58. The van der Waals surface area contributed by atoms with Crippen LogP contribution in [0, 0.1) is 0 Å². The Hall–Kier alpha value is -2.08. The van der Waals surface area contributed by atoms with Crippen molar-refractivity contribution < 1.29 is 14.3 Å². The Morgan fingerprint density at radius 3 is 2.40 bits per heavy atom. The summed E-state index contributed by atoms with van der Waals surface area (Å²) < 4.78 is 4.87. The van der Waals surface area contributed by atoms with Gasteiger partial charge in [0.1, 0.15) is 0 Å². The van der Waals surface area contributed by atoms with Crippen LogP contribution >= 0.6 is 23.2 Å². The van der Waals surface area contributed by atoms with Gasteiger partial charge in [-0.15, -0.1) is 0 Å². The van der Waals surface area contributed by atoms with E-state index in [0.29, 0.717) is 34.4 Å². The van der Waals surface area contributed by atoms with Crippen LogP contribution in [0.1, 0.15) is 15.9 Å². The molecular weight excluding hydrogens is 363 g/mol. The van der Waals surface area contributed by atoms with Crippen LogP contribution in [-0.2, 0) is 16.0 Å². The summed E-state index contributed by atoms with van der Waals surface area (Å²) in [6.45, 7) is 0.957. The lowest BCUT2D eigenvalue weighted by atomic mass is 10.1. The Bertz CT molecular complexity index is 748. The Morgan fingerprint density at radius 1 is 1.04 bits per heavy atom. The molecule has 0 fully saturated rings. The first-order chi connectivity index (χ1) is 12.0. The zero-order chi connectivity index (χ0) is 18.2. The number of nitrogens with one attached hydrogen (secondary N) is 2. The molecule has 0 heterocycles. The van der Waals surface area contributed by atoms with Gasteiger partial charge in [-0.2, -0.15) is 0 Å². The summed E-state index contributed by atoms with van der Waals surface area (Å²) >= 11 is 11.8. The minimum atomic E-state index is -0.288. The molecule has 0 unspecified atom stereocenters. The molecule has 0 saturated heterocycles. The van der Waals surface area contributed by atoms with E-state index >= 15 is 0 Å². The molecule has 0 atom stereocenters. The third kappa shape index (κ3) is 6.05. The first kappa shape index (κ1) is 19.2. The maximum atomic E-state index is 12.2.